The zero-order valence-electron chi connectivity index (χ0n) is 15.0. The summed E-state index contributed by atoms with van der Waals surface area (Å²) in [6, 6.07) is 4.32. The van der Waals surface area contributed by atoms with Crippen LogP contribution in [0.2, 0.25) is 5.02 Å². The minimum absolute atomic E-state index is 0.128. The first-order chi connectivity index (χ1) is 12.8. The van der Waals surface area contributed by atoms with Crippen LogP contribution < -0.4 is 16.7 Å². The van der Waals surface area contributed by atoms with Crippen molar-refractivity contribution in [1.82, 2.24) is 19.1 Å². The number of aromatic nitrogens is 4. The molecule has 2 heterocycles. The number of aryl methyl sites for hydroxylation is 1. The molecule has 0 aliphatic rings. The number of H-pyrrole nitrogens is 1. The number of hydrazone groups is 1. The highest BCUT2D eigenvalue weighted by atomic mass is 35.5. The Morgan fingerprint density at radius 2 is 2.15 bits per heavy atom. The first-order valence-corrected chi connectivity index (χ1v) is 8.60. The van der Waals surface area contributed by atoms with Gasteiger partial charge in [0.1, 0.15) is 5.82 Å². The van der Waals surface area contributed by atoms with Crippen molar-refractivity contribution in [2.75, 3.05) is 5.43 Å². The Morgan fingerprint density at radius 1 is 1.41 bits per heavy atom. The molecule has 0 spiro atoms. The SMILES string of the molecule is CC(C)Cn1c(NN=Cc2c(F)cccc2Cl)nc2c1c(=O)[nH]c(=O)n2C. The van der Waals surface area contributed by atoms with Crippen LogP contribution in [0, 0.1) is 11.7 Å². The van der Waals surface area contributed by atoms with E-state index in [4.69, 9.17) is 11.6 Å². The van der Waals surface area contributed by atoms with Crippen LogP contribution in [0.4, 0.5) is 10.3 Å². The van der Waals surface area contributed by atoms with Crippen LogP contribution in [0.15, 0.2) is 32.9 Å². The lowest BCUT2D eigenvalue weighted by molar-refractivity contribution is 0.535. The summed E-state index contributed by atoms with van der Waals surface area (Å²) in [6.45, 7) is 4.43. The number of aromatic amines is 1. The molecule has 1 aromatic carbocycles. The Morgan fingerprint density at radius 3 is 2.81 bits per heavy atom. The standard InChI is InChI=1S/C17H18ClFN6O2/c1-9(2)8-25-13-14(24(3)17(27)22-15(13)26)21-16(25)23-20-7-10-11(18)5-4-6-12(10)19/h4-7,9H,8H2,1-3H3,(H,21,23)(H,22,26,27). The molecule has 3 rings (SSSR count). The molecule has 8 nitrogen and oxygen atoms in total. The van der Waals surface area contributed by atoms with Gasteiger partial charge in [-0.2, -0.15) is 10.1 Å². The van der Waals surface area contributed by atoms with E-state index in [-0.39, 0.29) is 33.6 Å². The lowest BCUT2D eigenvalue weighted by atomic mass is 10.2. The van der Waals surface area contributed by atoms with Crippen LogP contribution in [0.25, 0.3) is 11.2 Å². The topological polar surface area (TPSA) is 97.1 Å². The maximum absolute atomic E-state index is 13.8. The van der Waals surface area contributed by atoms with E-state index < -0.39 is 17.1 Å². The van der Waals surface area contributed by atoms with Crippen molar-refractivity contribution in [2.24, 2.45) is 18.1 Å². The smallest absolute Gasteiger partial charge is 0.303 e. The highest BCUT2D eigenvalue weighted by Gasteiger charge is 2.17. The van der Waals surface area contributed by atoms with Gasteiger partial charge in [-0.1, -0.05) is 31.5 Å². The second kappa shape index (κ2) is 7.36. The summed E-state index contributed by atoms with van der Waals surface area (Å²) in [4.78, 5) is 30.7. The number of benzene rings is 1. The fraction of sp³-hybridized carbons (Fsp3) is 0.294. The zero-order valence-corrected chi connectivity index (χ0v) is 15.7. The third kappa shape index (κ3) is 3.63. The molecule has 0 bridgehead atoms. The van der Waals surface area contributed by atoms with Gasteiger partial charge in [0.15, 0.2) is 11.2 Å². The number of hydrogen-bond acceptors (Lipinski definition) is 5. The van der Waals surface area contributed by atoms with E-state index in [9.17, 15) is 14.0 Å². The van der Waals surface area contributed by atoms with Crippen molar-refractivity contribution >= 4 is 34.9 Å². The van der Waals surface area contributed by atoms with Gasteiger partial charge in [-0.15, -0.1) is 0 Å². The number of halogens is 2. The summed E-state index contributed by atoms with van der Waals surface area (Å²) < 4.78 is 16.7. The molecule has 0 amide bonds. The Balaban J connectivity index is 2.07. The summed E-state index contributed by atoms with van der Waals surface area (Å²) in [5.74, 6) is -0.0544. The second-order valence-electron chi connectivity index (χ2n) is 6.44. The van der Waals surface area contributed by atoms with Gasteiger partial charge in [-0.05, 0) is 18.1 Å². The van der Waals surface area contributed by atoms with Crippen molar-refractivity contribution in [3.8, 4) is 0 Å². The minimum Gasteiger partial charge on any atom is -0.303 e. The van der Waals surface area contributed by atoms with Crippen LogP contribution in [0.5, 0.6) is 0 Å². The van der Waals surface area contributed by atoms with E-state index >= 15 is 0 Å². The van der Waals surface area contributed by atoms with Crippen LogP contribution >= 0.6 is 11.6 Å². The molecule has 0 saturated carbocycles. The van der Waals surface area contributed by atoms with Gasteiger partial charge in [0.2, 0.25) is 5.95 Å². The number of nitrogens with one attached hydrogen (secondary N) is 2. The predicted octanol–water partition coefficient (Wildman–Crippen LogP) is 2.32. The largest absolute Gasteiger partial charge is 0.329 e. The third-order valence-electron chi connectivity index (χ3n) is 3.91. The van der Waals surface area contributed by atoms with Gasteiger partial charge in [-0.3, -0.25) is 14.3 Å². The third-order valence-corrected chi connectivity index (χ3v) is 4.24. The molecular weight excluding hydrogens is 375 g/mol. The molecule has 10 heteroatoms. The zero-order chi connectivity index (χ0) is 19.7. The molecule has 27 heavy (non-hydrogen) atoms. The first-order valence-electron chi connectivity index (χ1n) is 8.22. The van der Waals surface area contributed by atoms with Crippen molar-refractivity contribution in [3.05, 3.63) is 55.4 Å². The van der Waals surface area contributed by atoms with Gasteiger partial charge in [0, 0.05) is 19.2 Å². The minimum atomic E-state index is -0.560. The van der Waals surface area contributed by atoms with Gasteiger partial charge >= 0.3 is 5.69 Å². The van der Waals surface area contributed by atoms with E-state index in [0.717, 1.165) is 0 Å². The van der Waals surface area contributed by atoms with E-state index in [1.54, 1.807) is 10.6 Å². The number of rotatable bonds is 5. The van der Waals surface area contributed by atoms with E-state index in [1.807, 2.05) is 13.8 Å². The summed E-state index contributed by atoms with van der Waals surface area (Å²) in [5, 5.41) is 4.21. The maximum Gasteiger partial charge on any atom is 0.329 e. The average molecular weight is 393 g/mol. The van der Waals surface area contributed by atoms with Crippen LogP contribution in [-0.2, 0) is 13.6 Å². The molecule has 0 radical (unpaired) electrons. The molecule has 142 valence electrons. The van der Waals surface area contributed by atoms with Crippen LogP contribution in [0.3, 0.4) is 0 Å². The number of nitrogens with zero attached hydrogens (tertiary/aromatic N) is 4. The van der Waals surface area contributed by atoms with E-state index in [1.165, 1.54) is 30.0 Å². The molecule has 2 aromatic heterocycles. The summed E-state index contributed by atoms with van der Waals surface area (Å²) in [7, 11) is 1.51. The fourth-order valence-corrected chi connectivity index (χ4v) is 2.86. The maximum atomic E-state index is 13.8. The Labute approximate surface area is 158 Å². The molecule has 0 atom stereocenters. The van der Waals surface area contributed by atoms with Crippen molar-refractivity contribution in [2.45, 2.75) is 20.4 Å². The molecular formula is C17H18ClFN6O2. The van der Waals surface area contributed by atoms with Crippen molar-refractivity contribution < 1.29 is 4.39 Å². The molecule has 0 aliphatic heterocycles. The van der Waals surface area contributed by atoms with E-state index in [0.29, 0.717) is 6.54 Å². The summed E-state index contributed by atoms with van der Waals surface area (Å²) in [6.07, 6.45) is 1.24. The molecule has 0 saturated heterocycles. The van der Waals surface area contributed by atoms with E-state index in [2.05, 4.69) is 20.5 Å². The molecule has 0 fully saturated rings. The molecule has 0 aliphatic carbocycles. The number of fused-ring (bicyclic) bond motifs is 1. The van der Waals surface area contributed by atoms with Gasteiger partial charge in [0.25, 0.3) is 5.56 Å². The normalized spacial score (nSPS) is 11.8. The monoisotopic (exact) mass is 392 g/mol. The Bertz CT molecular complexity index is 1120. The number of hydrogen-bond donors (Lipinski definition) is 2. The van der Waals surface area contributed by atoms with Gasteiger partial charge in [0.05, 0.1) is 11.2 Å². The summed E-state index contributed by atoms with van der Waals surface area (Å²) >= 11 is 5.97. The summed E-state index contributed by atoms with van der Waals surface area (Å²) in [5.41, 5.74) is 2.23. The second-order valence-corrected chi connectivity index (χ2v) is 6.84. The molecule has 3 aromatic rings. The lowest BCUT2D eigenvalue weighted by Crippen LogP contribution is -2.29. The molecule has 0 unspecified atom stereocenters. The highest BCUT2D eigenvalue weighted by molar-refractivity contribution is 6.33. The van der Waals surface area contributed by atoms with Gasteiger partial charge in [-0.25, -0.2) is 14.6 Å². The Kier molecular flexibility index (Phi) is 5.13. The lowest BCUT2D eigenvalue weighted by Gasteiger charge is -2.10. The van der Waals surface area contributed by atoms with Crippen LogP contribution in [-0.4, -0.2) is 25.3 Å². The van der Waals surface area contributed by atoms with Crippen molar-refractivity contribution in [3.63, 3.8) is 0 Å². The first kappa shape index (κ1) is 18.8. The quantitative estimate of drug-likeness (QED) is 0.514. The highest BCUT2D eigenvalue weighted by Crippen LogP contribution is 2.19. The number of imidazole rings is 1. The molecule has 2 N–H and O–H groups in total. The number of anilines is 1. The Hall–Kier alpha value is -2.94. The van der Waals surface area contributed by atoms with Crippen molar-refractivity contribution in [1.29, 1.82) is 0 Å². The predicted molar refractivity (Wildman–Crippen MR) is 103 cm³/mol. The average Bonchev–Trinajstić information content (AvgIpc) is 2.94. The van der Waals surface area contributed by atoms with Crippen LogP contribution in [0.1, 0.15) is 19.4 Å². The van der Waals surface area contributed by atoms with Gasteiger partial charge < -0.3 is 4.57 Å². The fourth-order valence-electron chi connectivity index (χ4n) is 2.65.